The van der Waals surface area contributed by atoms with E-state index in [9.17, 15) is 0 Å². The van der Waals surface area contributed by atoms with E-state index in [2.05, 4.69) is 24.1 Å². The van der Waals surface area contributed by atoms with Gasteiger partial charge in [0.2, 0.25) is 0 Å². The molecule has 0 aromatic heterocycles. The van der Waals surface area contributed by atoms with E-state index in [-0.39, 0.29) is 5.54 Å². The molecular formula is C12H18N2O. The van der Waals surface area contributed by atoms with Crippen molar-refractivity contribution in [2.75, 3.05) is 25.1 Å². The Morgan fingerprint density at radius 1 is 1.40 bits per heavy atom. The van der Waals surface area contributed by atoms with Crippen LogP contribution >= 0.6 is 0 Å². The average molecular weight is 206 g/mol. The van der Waals surface area contributed by atoms with Gasteiger partial charge in [-0.3, -0.25) is 0 Å². The lowest BCUT2D eigenvalue weighted by Crippen LogP contribution is -2.31. The molecule has 0 spiro atoms. The largest absolute Gasteiger partial charge is 0.490 e. The summed E-state index contributed by atoms with van der Waals surface area (Å²) in [6.45, 7) is 5.69. The summed E-state index contributed by atoms with van der Waals surface area (Å²) >= 11 is 0. The summed E-state index contributed by atoms with van der Waals surface area (Å²) in [7, 11) is 2.08. The van der Waals surface area contributed by atoms with Crippen LogP contribution in [-0.4, -0.2) is 20.2 Å². The molecule has 3 heteroatoms. The number of nitrogens with two attached hydrogens (primary N) is 1. The van der Waals surface area contributed by atoms with Gasteiger partial charge in [0.15, 0.2) is 0 Å². The van der Waals surface area contributed by atoms with Gasteiger partial charge in [-0.2, -0.15) is 0 Å². The van der Waals surface area contributed by atoms with Gasteiger partial charge >= 0.3 is 0 Å². The number of hydrogen-bond donors (Lipinski definition) is 1. The van der Waals surface area contributed by atoms with E-state index in [0.717, 1.165) is 30.2 Å². The number of ether oxygens (including phenoxy) is 1. The van der Waals surface area contributed by atoms with Crippen LogP contribution in [0.2, 0.25) is 0 Å². The highest BCUT2D eigenvalue weighted by Gasteiger charge is 2.19. The van der Waals surface area contributed by atoms with Crippen molar-refractivity contribution >= 4 is 5.69 Å². The van der Waals surface area contributed by atoms with E-state index in [4.69, 9.17) is 10.5 Å². The van der Waals surface area contributed by atoms with E-state index < -0.39 is 0 Å². The lowest BCUT2D eigenvalue weighted by Gasteiger charge is -2.29. The van der Waals surface area contributed by atoms with Crippen molar-refractivity contribution < 1.29 is 4.74 Å². The Morgan fingerprint density at radius 2 is 2.13 bits per heavy atom. The smallest absolute Gasteiger partial charge is 0.143 e. The van der Waals surface area contributed by atoms with Crippen LogP contribution in [0.5, 0.6) is 5.75 Å². The van der Waals surface area contributed by atoms with Crippen molar-refractivity contribution in [2.45, 2.75) is 19.4 Å². The Kier molecular flexibility index (Phi) is 2.35. The molecule has 0 atom stereocenters. The third-order valence-corrected chi connectivity index (χ3v) is 2.80. The van der Waals surface area contributed by atoms with E-state index in [1.54, 1.807) is 0 Å². The molecule has 1 aromatic rings. The van der Waals surface area contributed by atoms with Crippen molar-refractivity contribution in [1.29, 1.82) is 0 Å². The standard InChI is InChI=1S/C12H18N2O/c1-12(2,13)9-4-5-10-11(8-9)15-7-6-14(10)3/h4-5,8H,6-7,13H2,1-3H3. The minimum absolute atomic E-state index is 0.311. The summed E-state index contributed by atoms with van der Waals surface area (Å²) in [5, 5.41) is 0. The summed E-state index contributed by atoms with van der Waals surface area (Å²) < 4.78 is 5.63. The summed E-state index contributed by atoms with van der Waals surface area (Å²) in [5.74, 6) is 0.944. The highest BCUT2D eigenvalue weighted by atomic mass is 16.5. The number of hydrogen-bond acceptors (Lipinski definition) is 3. The molecular weight excluding hydrogens is 188 g/mol. The highest BCUT2D eigenvalue weighted by Crippen LogP contribution is 2.33. The zero-order valence-electron chi connectivity index (χ0n) is 9.58. The first kappa shape index (κ1) is 10.3. The maximum atomic E-state index is 6.06. The summed E-state index contributed by atoms with van der Waals surface area (Å²) in [6.07, 6.45) is 0. The number of nitrogens with zero attached hydrogens (tertiary/aromatic N) is 1. The Morgan fingerprint density at radius 3 is 2.80 bits per heavy atom. The van der Waals surface area contributed by atoms with Crippen LogP contribution in [-0.2, 0) is 5.54 Å². The minimum atomic E-state index is -0.311. The fourth-order valence-corrected chi connectivity index (χ4v) is 1.76. The predicted molar refractivity (Wildman–Crippen MR) is 62.4 cm³/mol. The van der Waals surface area contributed by atoms with E-state index in [0.29, 0.717) is 0 Å². The highest BCUT2D eigenvalue weighted by molar-refractivity contribution is 5.61. The van der Waals surface area contributed by atoms with Gasteiger partial charge < -0.3 is 15.4 Å². The Balaban J connectivity index is 2.42. The Bertz CT molecular complexity index is 368. The van der Waals surface area contributed by atoms with Gasteiger partial charge in [0.05, 0.1) is 12.2 Å². The predicted octanol–water partition coefficient (Wildman–Crippen LogP) is 1.71. The lowest BCUT2D eigenvalue weighted by molar-refractivity contribution is 0.310. The molecule has 82 valence electrons. The van der Waals surface area contributed by atoms with Crippen molar-refractivity contribution in [1.82, 2.24) is 0 Å². The second-order valence-electron chi connectivity index (χ2n) is 4.67. The van der Waals surface area contributed by atoms with Gasteiger partial charge in [-0.15, -0.1) is 0 Å². The molecule has 2 rings (SSSR count). The maximum absolute atomic E-state index is 6.06. The number of likely N-dealkylation sites (N-methyl/N-ethyl adjacent to an activating group) is 1. The first-order valence-electron chi connectivity index (χ1n) is 5.26. The molecule has 0 saturated heterocycles. The first-order valence-corrected chi connectivity index (χ1v) is 5.26. The molecule has 0 unspecified atom stereocenters. The quantitative estimate of drug-likeness (QED) is 0.760. The molecule has 0 amide bonds. The Hall–Kier alpha value is -1.22. The van der Waals surface area contributed by atoms with Crippen LogP contribution < -0.4 is 15.4 Å². The molecule has 0 bridgehead atoms. The monoisotopic (exact) mass is 206 g/mol. The molecule has 15 heavy (non-hydrogen) atoms. The van der Waals surface area contributed by atoms with Crippen LogP contribution in [0.15, 0.2) is 18.2 Å². The molecule has 0 radical (unpaired) electrons. The number of anilines is 1. The van der Waals surface area contributed by atoms with Gasteiger partial charge in [0.25, 0.3) is 0 Å². The number of rotatable bonds is 1. The van der Waals surface area contributed by atoms with E-state index in [1.165, 1.54) is 0 Å². The van der Waals surface area contributed by atoms with Crippen molar-refractivity contribution in [3.05, 3.63) is 23.8 Å². The number of benzene rings is 1. The second kappa shape index (κ2) is 3.42. The normalized spacial score (nSPS) is 15.9. The van der Waals surface area contributed by atoms with Gasteiger partial charge in [0.1, 0.15) is 12.4 Å². The molecule has 2 N–H and O–H groups in total. The first-order chi connectivity index (χ1) is 6.98. The summed E-state index contributed by atoms with van der Waals surface area (Å²) in [5.41, 5.74) is 8.00. The van der Waals surface area contributed by atoms with Crippen molar-refractivity contribution in [3.63, 3.8) is 0 Å². The third-order valence-electron chi connectivity index (χ3n) is 2.80. The lowest BCUT2D eigenvalue weighted by atomic mass is 9.95. The molecule has 1 aromatic carbocycles. The van der Waals surface area contributed by atoms with Crippen LogP contribution in [0.3, 0.4) is 0 Å². The van der Waals surface area contributed by atoms with E-state index in [1.807, 2.05) is 19.9 Å². The zero-order chi connectivity index (χ0) is 11.1. The van der Waals surface area contributed by atoms with Crippen molar-refractivity contribution in [3.8, 4) is 5.75 Å². The molecule has 1 aliphatic rings. The van der Waals surface area contributed by atoms with Gasteiger partial charge in [0, 0.05) is 12.6 Å². The average Bonchev–Trinajstić information content (AvgIpc) is 2.16. The maximum Gasteiger partial charge on any atom is 0.143 e. The summed E-state index contributed by atoms with van der Waals surface area (Å²) in [4.78, 5) is 2.20. The molecule has 0 fully saturated rings. The second-order valence-corrected chi connectivity index (χ2v) is 4.67. The van der Waals surface area contributed by atoms with E-state index >= 15 is 0 Å². The van der Waals surface area contributed by atoms with Gasteiger partial charge in [-0.25, -0.2) is 0 Å². The van der Waals surface area contributed by atoms with Crippen molar-refractivity contribution in [2.24, 2.45) is 5.73 Å². The molecule has 0 aliphatic carbocycles. The van der Waals surface area contributed by atoms with Crippen LogP contribution in [0, 0.1) is 0 Å². The molecule has 0 saturated carbocycles. The Labute approximate surface area is 90.8 Å². The SMILES string of the molecule is CN1CCOc2cc(C(C)(C)N)ccc21. The minimum Gasteiger partial charge on any atom is -0.490 e. The number of fused-ring (bicyclic) bond motifs is 1. The fourth-order valence-electron chi connectivity index (χ4n) is 1.76. The van der Waals surface area contributed by atoms with Crippen LogP contribution in [0.1, 0.15) is 19.4 Å². The molecule has 1 aliphatic heterocycles. The zero-order valence-corrected chi connectivity index (χ0v) is 9.58. The molecule has 3 nitrogen and oxygen atoms in total. The van der Waals surface area contributed by atoms with Gasteiger partial charge in [-0.05, 0) is 31.5 Å². The van der Waals surface area contributed by atoms with Crippen LogP contribution in [0.4, 0.5) is 5.69 Å². The van der Waals surface area contributed by atoms with Crippen LogP contribution in [0.25, 0.3) is 0 Å². The fraction of sp³-hybridized carbons (Fsp3) is 0.500. The van der Waals surface area contributed by atoms with Gasteiger partial charge in [-0.1, -0.05) is 6.07 Å². The molecule has 1 heterocycles. The summed E-state index contributed by atoms with van der Waals surface area (Å²) in [6, 6.07) is 6.20. The third kappa shape index (κ3) is 1.92. The topological polar surface area (TPSA) is 38.5 Å².